The Bertz CT molecular complexity index is 983. The summed E-state index contributed by atoms with van der Waals surface area (Å²) in [5.41, 5.74) is 0.304. The first-order valence-electron chi connectivity index (χ1n) is 11.6. The van der Waals surface area contributed by atoms with Gasteiger partial charge >= 0.3 is 0 Å². The van der Waals surface area contributed by atoms with E-state index in [0.29, 0.717) is 24.9 Å². The Kier molecular flexibility index (Phi) is 6.84. The van der Waals surface area contributed by atoms with Gasteiger partial charge in [-0.05, 0) is 37.7 Å². The summed E-state index contributed by atoms with van der Waals surface area (Å²) in [7, 11) is 0. The molecule has 0 radical (unpaired) electrons. The molecule has 3 amide bonds. The van der Waals surface area contributed by atoms with E-state index >= 15 is 0 Å². The van der Waals surface area contributed by atoms with Gasteiger partial charge in [-0.25, -0.2) is 8.78 Å². The van der Waals surface area contributed by atoms with Gasteiger partial charge in [0, 0.05) is 24.9 Å². The minimum atomic E-state index is -3.15. The van der Waals surface area contributed by atoms with E-state index in [9.17, 15) is 33.5 Å². The number of hydrogen-bond donors (Lipinski definition) is 3. The minimum Gasteiger partial charge on any atom is -0.378 e. The minimum absolute atomic E-state index is 0.0587. The molecule has 1 aliphatic carbocycles. The Hall–Kier alpha value is -3.06. The van der Waals surface area contributed by atoms with E-state index in [2.05, 4.69) is 10.6 Å². The first-order valence-corrected chi connectivity index (χ1v) is 11.6. The Morgan fingerprint density at radius 1 is 1.26 bits per heavy atom. The molecule has 34 heavy (non-hydrogen) atoms. The third-order valence-corrected chi connectivity index (χ3v) is 7.20. The van der Waals surface area contributed by atoms with Crippen LogP contribution in [0.3, 0.4) is 0 Å². The fourth-order valence-electron chi connectivity index (χ4n) is 5.49. The zero-order valence-corrected chi connectivity index (χ0v) is 18.6. The summed E-state index contributed by atoms with van der Waals surface area (Å²) >= 11 is 0. The van der Waals surface area contributed by atoms with Gasteiger partial charge in [-0.15, -0.1) is 0 Å². The summed E-state index contributed by atoms with van der Waals surface area (Å²) in [6.45, 7) is 0.556. The van der Waals surface area contributed by atoms with E-state index in [1.165, 1.54) is 0 Å². The Morgan fingerprint density at radius 3 is 2.65 bits per heavy atom. The second-order valence-electron chi connectivity index (χ2n) is 9.36. The van der Waals surface area contributed by atoms with Crippen molar-refractivity contribution in [3.63, 3.8) is 0 Å². The van der Waals surface area contributed by atoms with Crippen LogP contribution >= 0.6 is 0 Å². The number of nitrogens with zero attached hydrogens (tertiary/aromatic N) is 2. The smallest absolute Gasteiger partial charge is 0.256 e. The molecule has 0 unspecified atom stereocenters. The highest BCUT2D eigenvalue weighted by Crippen LogP contribution is 2.49. The lowest BCUT2D eigenvalue weighted by molar-refractivity contribution is -0.198. The number of nitrogens with one attached hydrogen (secondary N) is 2. The number of aliphatic hydroxyl groups is 1. The number of halogens is 2. The molecule has 3 heterocycles. The highest BCUT2D eigenvalue weighted by atomic mass is 19.3. The molecule has 1 aromatic rings. The van der Waals surface area contributed by atoms with Crippen LogP contribution in [-0.4, -0.2) is 58.3 Å². The monoisotopic (exact) mass is 474 g/mol. The number of fused-ring (bicyclic) bond motifs is 3. The van der Waals surface area contributed by atoms with Gasteiger partial charge in [0.2, 0.25) is 11.8 Å². The average molecular weight is 475 g/mol. The Morgan fingerprint density at radius 2 is 2.00 bits per heavy atom. The van der Waals surface area contributed by atoms with Gasteiger partial charge in [0.25, 0.3) is 11.8 Å². The van der Waals surface area contributed by atoms with Crippen LogP contribution in [0, 0.1) is 23.2 Å². The van der Waals surface area contributed by atoms with Crippen LogP contribution in [0.2, 0.25) is 0 Å². The standard InChI is InChI=1S/C24H28F2N4O4/c25-24(26)12-17-8-9-18(24)19(30(17)23(34)20(31)14-5-2-1-3-6-14)22(33)29-16(13-27)11-15-7-4-10-28-21(15)32/h1-3,5-6,15-20,31H,4,7-12H2,(H,28,32)(H,29,33)/t15-,16-,17-,18-,19+,20+/m1/s1. The molecule has 3 N–H and O–H groups in total. The SMILES string of the molecule is N#C[C@@H](C[C@H]1CCCNC1=O)NC(=O)[C@@H]1[C@H]2CC[C@H](CC2(F)F)N1C(=O)[C@@H](O)c1ccccc1. The highest BCUT2D eigenvalue weighted by Gasteiger charge is 2.61. The van der Waals surface area contributed by atoms with Crippen LogP contribution in [0.1, 0.15) is 50.2 Å². The Balaban J connectivity index is 1.56. The summed E-state index contributed by atoms with van der Waals surface area (Å²) in [4.78, 5) is 39.7. The largest absolute Gasteiger partial charge is 0.378 e. The van der Waals surface area contributed by atoms with E-state index in [1.54, 1.807) is 30.3 Å². The zero-order valence-electron chi connectivity index (χ0n) is 18.6. The molecule has 3 aliphatic heterocycles. The van der Waals surface area contributed by atoms with Crippen molar-refractivity contribution in [1.29, 1.82) is 5.26 Å². The average Bonchev–Trinajstić information content (AvgIpc) is 2.83. The maximum atomic E-state index is 14.8. The molecule has 182 valence electrons. The Labute approximate surface area is 196 Å². The number of aliphatic hydroxyl groups excluding tert-OH is 1. The maximum absolute atomic E-state index is 14.8. The van der Waals surface area contributed by atoms with Gasteiger partial charge in [-0.3, -0.25) is 14.4 Å². The molecule has 3 saturated heterocycles. The zero-order chi connectivity index (χ0) is 24.5. The van der Waals surface area contributed by atoms with Gasteiger partial charge in [0.15, 0.2) is 6.10 Å². The third-order valence-electron chi connectivity index (χ3n) is 7.20. The molecule has 4 fully saturated rings. The molecule has 10 heteroatoms. The van der Waals surface area contributed by atoms with Gasteiger partial charge < -0.3 is 20.6 Å². The van der Waals surface area contributed by atoms with E-state index in [1.807, 2.05) is 6.07 Å². The van der Waals surface area contributed by atoms with Gasteiger partial charge in [-0.1, -0.05) is 30.3 Å². The van der Waals surface area contributed by atoms with Crippen molar-refractivity contribution in [1.82, 2.24) is 15.5 Å². The lowest BCUT2D eigenvalue weighted by Gasteiger charge is -2.54. The highest BCUT2D eigenvalue weighted by molar-refractivity contribution is 5.91. The number of hydrogen-bond acceptors (Lipinski definition) is 5. The van der Waals surface area contributed by atoms with E-state index in [-0.39, 0.29) is 18.7 Å². The molecule has 1 saturated carbocycles. The number of rotatable bonds is 6. The van der Waals surface area contributed by atoms with Crippen molar-refractivity contribution in [2.24, 2.45) is 11.8 Å². The van der Waals surface area contributed by atoms with Gasteiger partial charge in [0.05, 0.1) is 12.0 Å². The number of amides is 3. The molecule has 6 atom stereocenters. The van der Waals surface area contributed by atoms with Crippen LogP contribution < -0.4 is 10.6 Å². The molecule has 0 spiro atoms. The van der Waals surface area contributed by atoms with Crippen LogP contribution in [0.15, 0.2) is 30.3 Å². The van der Waals surface area contributed by atoms with Gasteiger partial charge in [0.1, 0.15) is 12.1 Å². The molecule has 5 rings (SSSR count). The summed E-state index contributed by atoms with van der Waals surface area (Å²) in [6, 6.07) is 6.58. The van der Waals surface area contributed by atoms with Crippen molar-refractivity contribution in [3.8, 4) is 6.07 Å². The molecule has 4 aliphatic rings. The van der Waals surface area contributed by atoms with Crippen LogP contribution in [-0.2, 0) is 14.4 Å². The predicted molar refractivity (Wildman–Crippen MR) is 116 cm³/mol. The molecular formula is C24H28F2N4O4. The first-order chi connectivity index (χ1) is 16.2. The van der Waals surface area contributed by atoms with Crippen molar-refractivity contribution < 1.29 is 28.3 Å². The second-order valence-corrected chi connectivity index (χ2v) is 9.36. The van der Waals surface area contributed by atoms with Crippen LogP contribution in [0.5, 0.6) is 0 Å². The van der Waals surface area contributed by atoms with E-state index < -0.39 is 60.2 Å². The number of alkyl halides is 2. The van der Waals surface area contributed by atoms with Crippen molar-refractivity contribution in [2.75, 3.05) is 6.54 Å². The molecular weight excluding hydrogens is 446 g/mol. The summed E-state index contributed by atoms with van der Waals surface area (Å²) in [5, 5.41) is 25.5. The van der Waals surface area contributed by atoms with Gasteiger partial charge in [-0.2, -0.15) is 5.26 Å². The first kappa shape index (κ1) is 24.1. The predicted octanol–water partition coefficient (Wildman–Crippen LogP) is 1.66. The summed E-state index contributed by atoms with van der Waals surface area (Å²) in [5.74, 6) is -6.89. The molecule has 0 aromatic heterocycles. The normalized spacial score (nSPS) is 29.5. The maximum Gasteiger partial charge on any atom is 0.256 e. The van der Waals surface area contributed by atoms with Crippen molar-refractivity contribution in [2.45, 2.75) is 68.7 Å². The number of benzene rings is 1. The quantitative estimate of drug-likeness (QED) is 0.579. The van der Waals surface area contributed by atoms with E-state index in [0.717, 1.165) is 11.3 Å². The summed E-state index contributed by atoms with van der Waals surface area (Å²) in [6.07, 6.45) is -0.419. The lowest BCUT2D eigenvalue weighted by atomic mass is 9.71. The fourth-order valence-corrected chi connectivity index (χ4v) is 5.49. The number of nitriles is 1. The number of piperidine rings is 3. The van der Waals surface area contributed by atoms with Crippen LogP contribution in [0.25, 0.3) is 0 Å². The van der Waals surface area contributed by atoms with E-state index in [4.69, 9.17) is 0 Å². The second kappa shape index (κ2) is 9.66. The third kappa shape index (κ3) is 4.62. The van der Waals surface area contributed by atoms with Crippen molar-refractivity contribution in [3.05, 3.63) is 35.9 Å². The number of carbonyl (C=O) groups excluding carboxylic acids is 3. The molecule has 8 nitrogen and oxygen atoms in total. The fraction of sp³-hybridized carbons (Fsp3) is 0.583. The topological polar surface area (TPSA) is 123 Å². The molecule has 1 aromatic carbocycles. The lowest BCUT2D eigenvalue weighted by Crippen LogP contribution is -2.69. The molecule has 2 bridgehead atoms. The van der Waals surface area contributed by atoms with Crippen LogP contribution in [0.4, 0.5) is 8.78 Å². The summed E-state index contributed by atoms with van der Waals surface area (Å²) < 4.78 is 29.6. The number of carbonyl (C=O) groups is 3. The van der Waals surface area contributed by atoms with Crippen molar-refractivity contribution >= 4 is 17.7 Å².